The lowest BCUT2D eigenvalue weighted by molar-refractivity contribution is -0.148. The molecule has 1 atom stereocenters. The highest BCUT2D eigenvalue weighted by molar-refractivity contribution is 8.00. The first kappa shape index (κ1) is 17.1. The molecule has 1 saturated heterocycles. The number of piperazine rings is 1. The molecule has 2 aliphatic rings. The van der Waals surface area contributed by atoms with Crippen molar-refractivity contribution in [1.29, 1.82) is 0 Å². The van der Waals surface area contributed by atoms with E-state index in [0.717, 1.165) is 10.5 Å². The third-order valence-corrected chi connectivity index (χ3v) is 5.99. The fourth-order valence-electron chi connectivity index (χ4n) is 3.67. The van der Waals surface area contributed by atoms with E-state index >= 15 is 0 Å². The van der Waals surface area contributed by atoms with Crippen molar-refractivity contribution in [3.05, 3.63) is 65.5 Å². The zero-order chi connectivity index (χ0) is 18.1. The SMILES string of the molecule is O=C(CSc1ccccc1)N1CC(=O)N2CCc3c(F)cccc3C2C1. The van der Waals surface area contributed by atoms with Crippen LogP contribution in [0.15, 0.2) is 53.4 Å². The van der Waals surface area contributed by atoms with Crippen molar-refractivity contribution >= 4 is 23.6 Å². The van der Waals surface area contributed by atoms with Gasteiger partial charge in [-0.2, -0.15) is 0 Å². The molecule has 0 saturated carbocycles. The molecule has 2 aromatic carbocycles. The van der Waals surface area contributed by atoms with Crippen LogP contribution in [0.2, 0.25) is 0 Å². The van der Waals surface area contributed by atoms with Crippen LogP contribution in [0, 0.1) is 5.82 Å². The lowest BCUT2D eigenvalue weighted by Crippen LogP contribution is -2.56. The van der Waals surface area contributed by atoms with Gasteiger partial charge < -0.3 is 9.80 Å². The van der Waals surface area contributed by atoms with Crippen LogP contribution >= 0.6 is 11.8 Å². The maximum Gasteiger partial charge on any atom is 0.242 e. The first-order chi connectivity index (χ1) is 12.6. The fourth-order valence-corrected chi connectivity index (χ4v) is 4.50. The number of nitrogens with zero attached hydrogens (tertiary/aromatic N) is 2. The average molecular weight is 370 g/mol. The van der Waals surface area contributed by atoms with E-state index in [1.807, 2.05) is 36.4 Å². The minimum atomic E-state index is -0.249. The number of hydrogen-bond acceptors (Lipinski definition) is 3. The molecule has 0 aliphatic carbocycles. The van der Waals surface area contributed by atoms with Crippen LogP contribution in [0.3, 0.4) is 0 Å². The largest absolute Gasteiger partial charge is 0.332 e. The van der Waals surface area contributed by atoms with Gasteiger partial charge in [0.05, 0.1) is 18.3 Å². The molecule has 2 aromatic rings. The summed E-state index contributed by atoms with van der Waals surface area (Å²) >= 11 is 1.46. The summed E-state index contributed by atoms with van der Waals surface area (Å²) in [5.41, 5.74) is 1.51. The van der Waals surface area contributed by atoms with Gasteiger partial charge in [-0.05, 0) is 35.7 Å². The van der Waals surface area contributed by atoms with Crippen LogP contribution in [0.25, 0.3) is 0 Å². The summed E-state index contributed by atoms with van der Waals surface area (Å²) in [6.45, 7) is 1.05. The lowest BCUT2D eigenvalue weighted by Gasteiger charge is -2.44. The summed E-state index contributed by atoms with van der Waals surface area (Å²) in [6, 6.07) is 14.5. The Morgan fingerprint density at radius 1 is 1.15 bits per heavy atom. The number of hydrogen-bond donors (Lipinski definition) is 0. The highest BCUT2D eigenvalue weighted by Gasteiger charge is 2.39. The molecule has 134 valence electrons. The highest BCUT2D eigenvalue weighted by Crippen LogP contribution is 2.34. The Morgan fingerprint density at radius 3 is 2.77 bits per heavy atom. The van der Waals surface area contributed by atoms with Crippen LogP contribution in [-0.4, -0.2) is 47.0 Å². The van der Waals surface area contributed by atoms with Crippen molar-refractivity contribution in [1.82, 2.24) is 9.80 Å². The van der Waals surface area contributed by atoms with Crippen molar-refractivity contribution in [3.63, 3.8) is 0 Å². The van der Waals surface area contributed by atoms with Gasteiger partial charge in [0.15, 0.2) is 0 Å². The Balaban J connectivity index is 1.50. The van der Waals surface area contributed by atoms with Crippen LogP contribution in [0.5, 0.6) is 0 Å². The summed E-state index contributed by atoms with van der Waals surface area (Å²) in [4.78, 5) is 29.6. The molecular weight excluding hydrogens is 351 g/mol. The third kappa shape index (κ3) is 3.21. The quantitative estimate of drug-likeness (QED) is 0.780. The lowest BCUT2D eigenvalue weighted by atomic mass is 9.90. The number of carbonyl (C=O) groups excluding carboxylic acids is 2. The maximum atomic E-state index is 14.1. The zero-order valence-electron chi connectivity index (χ0n) is 14.2. The van der Waals surface area contributed by atoms with E-state index in [-0.39, 0.29) is 30.2 Å². The van der Waals surface area contributed by atoms with E-state index in [0.29, 0.717) is 30.8 Å². The van der Waals surface area contributed by atoms with Gasteiger partial charge in [-0.15, -0.1) is 11.8 Å². The van der Waals surface area contributed by atoms with Crippen LogP contribution in [0.4, 0.5) is 4.39 Å². The highest BCUT2D eigenvalue weighted by atomic mass is 32.2. The normalized spacial score (nSPS) is 19.1. The summed E-state index contributed by atoms with van der Waals surface area (Å²) in [6.07, 6.45) is 0.530. The minimum Gasteiger partial charge on any atom is -0.332 e. The van der Waals surface area contributed by atoms with Gasteiger partial charge in [0.25, 0.3) is 0 Å². The van der Waals surface area contributed by atoms with Gasteiger partial charge in [-0.1, -0.05) is 30.3 Å². The molecule has 0 aromatic heterocycles. The fraction of sp³-hybridized carbons (Fsp3) is 0.300. The van der Waals surface area contributed by atoms with E-state index in [1.54, 1.807) is 15.9 Å². The Bertz CT molecular complexity index is 843. The summed E-state index contributed by atoms with van der Waals surface area (Å²) < 4.78 is 14.1. The molecule has 4 rings (SSSR count). The molecular formula is C20H19FN2O2S. The average Bonchev–Trinajstić information content (AvgIpc) is 2.67. The van der Waals surface area contributed by atoms with E-state index < -0.39 is 0 Å². The summed E-state index contributed by atoms with van der Waals surface area (Å²) in [5, 5.41) is 0. The van der Waals surface area contributed by atoms with Gasteiger partial charge in [-0.3, -0.25) is 9.59 Å². The smallest absolute Gasteiger partial charge is 0.242 e. The Morgan fingerprint density at radius 2 is 1.96 bits per heavy atom. The van der Waals surface area contributed by atoms with Crippen LogP contribution < -0.4 is 0 Å². The maximum absolute atomic E-state index is 14.1. The van der Waals surface area contributed by atoms with Gasteiger partial charge in [-0.25, -0.2) is 4.39 Å². The first-order valence-corrected chi connectivity index (χ1v) is 9.64. The number of carbonyl (C=O) groups is 2. The van der Waals surface area contributed by atoms with E-state index in [2.05, 4.69) is 0 Å². The standard InChI is InChI=1S/C20H19FN2O2S/c21-17-8-4-7-16-15(17)9-10-23-18(16)11-22(12-19(23)24)20(25)13-26-14-5-2-1-3-6-14/h1-8,18H,9-13H2. The first-order valence-electron chi connectivity index (χ1n) is 8.66. The van der Waals surface area contributed by atoms with Gasteiger partial charge >= 0.3 is 0 Å². The van der Waals surface area contributed by atoms with Crippen molar-refractivity contribution in [2.75, 3.05) is 25.4 Å². The number of fused-ring (bicyclic) bond motifs is 3. The molecule has 0 bridgehead atoms. The van der Waals surface area contributed by atoms with Crippen molar-refractivity contribution in [2.24, 2.45) is 0 Å². The molecule has 26 heavy (non-hydrogen) atoms. The van der Waals surface area contributed by atoms with Crippen LogP contribution in [-0.2, 0) is 16.0 Å². The number of benzene rings is 2. The van der Waals surface area contributed by atoms with Gasteiger partial charge in [0.1, 0.15) is 5.82 Å². The third-order valence-electron chi connectivity index (χ3n) is 4.99. The topological polar surface area (TPSA) is 40.6 Å². The van der Waals surface area contributed by atoms with E-state index in [9.17, 15) is 14.0 Å². The molecule has 0 N–H and O–H groups in total. The van der Waals surface area contributed by atoms with Crippen molar-refractivity contribution in [2.45, 2.75) is 17.4 Å². The number of amides is 2. The van der Waals surface area contributed by atoms with E-state index in [4.69, 9.17) is 0 Å². The molecule has 2 aliphatic heterocycles. The van der Waals surface area contributed by atoms with Gasteiger partial charge in [0.2, 0.25) is 11.8 Å². The molecule has 2 amide bonds. The van der Waals surface area contributed by atoms with Gasteiger partial charge in [0, 0.05) is 18.0 Å². The number of halogens is 1. The number of rotatable bonds is 3. The predicted molar refractivity (Wildman–Crippen MR) is 98.3 cm³/mol. The molecule has 6 heteroatoms. The molecule has 2 heterocycles. The Hall–Kier alpha value is -2.34. The Labute approximate surface area is 156 Å². The monoisotopic (exact) mass is 370 g/mol. The van der Waals surface area contributed by atoms with Crippen LogP contribution in [0.1, 0.15) is 17.2 Å². The van der Waals surface area contributed by atoms with E-state index in [1.165, 1.54) is 17.8 Å². The number of thioether (sulfide) groups is 1. The molecule has 1 unspecified atom stereocenters. The minimum absolute atomic E-state index is 0.0598. The zero-order valence-corrected chi connectivity index (χ0v) is 15.0. The second-order valence-electron chi connectivity index (χ2n) is 6.54. The summed E-state index contributed by atoms with van der Waals surface area (Å²) in [7, 11) is 0. The summed E-state index contributed by atoms with van der Waals surface area (Å²) in [5.74, 6) is -0.0534. The molecule has 4 nitrogen and oxygen atoms in total. The second-order valence-corrected chi connectivity index (χ2v) is 7.59. The molecule has 1 fully saturated rings. The molecule has 0 spiro atoms. The second kappa shape index (κ2) is 7.11. The molecule has 0 radical (unpaired) electrons. The van der Waals surface area contributed by atoms with Crippen molar-refractivity contribution < 1.29 is 14.0 Å². The Kier molecular flexibility index (Phi) is 4.68. The predicted octanol–water partition coefficient (Wildman–Crippen LogP) is 2.89. The van der Waals surface area contributed by atoms with Crippen molar-refractivity contribution in [3.8, 4) is 0 Å².